The fourth-order valence-corrected chi connectivity index (χ4v) is 1.66. The summed E-state index contributed by atoms with van der Waals surface area (Å²) < 4.78 is 2.07. The van der Waals surface area contributed by atoms with Crippen LogP contribution in [-0.4, -0.2) is 14.9 Å². The van der Waals surface area contributed by atoms with Gasteiger partial charge in [0.15, 0.2) is 0 Å². The van der Waals surface area contributed by atoms with E-state index >= 15 is 0 Å². The van der Waals surface area contributed by atoms with E-state index in [4.69, 9.17) is 11.6 Å². The van der Waals surface area contributed by atoms with Crippen LogP contribution in [0, 0.1) is 5.41 Å². The topological polar surface area (TPSA) is 17.8 Å². The zero-order valence-corrected chi connectivity index (χ0v) is 10.9. The maximum absolute atomic E-state index is 6.31. The van der Waals surface area contributed by atoms with Gasteiger partial charge in [-0.15, -0.1) is 11.6 Å². The highest BCUT2D eigenvalue weighted by molar-refractivity contribution is 6.21. The molecule has 1 unspecified atom stereocenters. The summed E-state index contributed by atoms with van der Waals surface area (Å²) in [6.45, 7) is 6.56. The van der Waals surface area contributed by atoms with Crippen LogP contribution in [0.1, 0.15) is 39.4 Å². The molecule has 86 valence electrons. The Morgan fingerprint density at radius 3 is 2.60 bits per heavy atom. The summed E-state index contributed by atoms with van der Waals surface area (Å²) in [6.07, 6.45) is 7.01. The van der Waals surface area contributed by atoms with Gasteiger partial charge in [-0.25, -0.2) is 4.98 Å². The summed E-state index contributed by atoms with van der Waals surface area (Å²) in [6, 6.07) is 0. The molecular weight excluding hydrogens is 208 g/mol. The molecule has 0 N–H and O–H groups in total. The van der Waals surface area contributed by atoms with Gasteiger partial charge in [0, 0.05) is 31.2 Å². The van der Waals surface area contributed by atoms with Gasteiger partial charge in [0.2, 0.25) is 0 Å². The van der Waals surface area contributed by atoms with Crippen LogP contribution < -0.4 is 0 Å². The van der Waals surface area contributed by atoms with Gasteiger partial charge in [-0.1, -0.05) is 20.8 Å². The molecule has 0 aliphatic rings. The molecule has 0 fully saturated rings. The van der Waals surface area contributed by atoms with E-state index in [2.05, 4.69) is 30.3 Å². The molecule has 15 heavy (non-hydrogen) atoms. The maximum Gasteiger partial charge on any atom is 0.108 e. The molecule has 0 aromatic carbocycles. The van der Waals surface area contributed by atoms with Gasteiger partial charge in [0.1, 0.15) is 5.82 Å². The van der Waals surface area contributed by atoms with Crippen molar-refractivity contribution in [2.24, 2.45) is 12.5 Å². The van der Waals surface area contributed by atoms with Crippen molar-refractivity contribution in [3.05, 3.63) is 18.2 Å². The molecule has 0 saturated carbocycles. The van der Waals surface area contributed by atoms with E-state index in [1.54, 1.807) is 0 Å². The zero-order chi connectivity index (χ0) is 11.5. The monoisotopic (exact) mass is 228 g/mol. The van der Waals surface area contributed by atoms with Crippen molar-refractivity contribution in [1.82, 2.24) is 9.55 Å². The second kappa shape index (κ2) is 5.02. The number of hydrogen-bond donors (Lipinski definition) is 0. The van der Waals surface area contributed by atoms with E-state index in [9.17, 15) is 0 Å². The molecule has 0 spiro atoms. The summed E-state index contributed by atoms with van der Waals surface area (Å²) in [4.78, 5) is 4.29. The molecule has 0 aliphatic heterocycles. The molecule has 3 heteroatoms. The normalized spacial score (nSPS) is 14.2. The molecule has 2 nitrogen and oxygen atoms in total. The number of aryl methyl sites for hydroxylation is 2. The number of imidazole rings is 1. The molecule has 0 aliphatic carbocycles. The fraction of sp³-hybridized carbons (Fsp3) is 0.750. The third kappa shape index (κ3) is 3.86. The van der Waals surface area contributed by atoms with E-state index in [1.807, 2.05) is 19.4 Å². The second-order valence-electron chi connectivity index (χ2n) is 5.18. The molecule has 1 aromatic rings. The van der Waals surface area contributed by atoms with Crippen molar-refractivity contribution in [3.63, 3.8) is 0 Å². The molecule has 0 saturated heterocycles. The SMILES string of the molecule is Cn1ccnc1CCCC(Cl)C(C)(C)C. The molecule has 0 radical (unpaired) electrons. The van der Waals surface area contributed by atoms with Gasteiger partial charge in [-0.2, -0.15) is 0 Å². The lowest BCUT2D eigenvalue weighted by Gasteiger charge is -2.24. The first-order valence-electron chi connectivity index (χ1n) is 5.51. The van der Waals surface area contributed by atoms with E-state index in [-0.39, 0.29) is 10.8 Å². The highest BCUT2D eigenvalue weighted by Crippen LogP contribution is 2.28. The standard InChI is InChI=1S/C12H21ClN2/c1-12(2,3)10(13)6-5-7-11-14-8-9-15(11)4/h8-10H,5-7H2,1-4H3. The number of nitrogens with zero attached hydrogens (tertiary/aromatic N) is 2. The number of halogens is 1. The predicted molar refractivity (Wildman–Crippen MR) is 65.2 cm³/mol. The Labute approximate surface area is 97.7 Å². The summed E-state index contributed by atoms with van der Waals surface area (Å²) in [5.41, 5.74) is 0.198. The summed E-state index contributed by atoms with van der Waals surface area (Å²) in [7, 11) is 2.03. The first kappa shape index (κ1) is 12.6. The van der Waals surface area contributed by atoms with Crippen molar-refractivity contribution in [2.45, 2.75) is 45.4 Å². The summed E-state index contributed by atoms with van der Waals surface area (Å²) in [5.74, 6) is 1.15. The van der Waals surface area contributed by atoms with Gasteiger partial charge in [-0.3, -0.25) is 0 Å². The Hall–Kier alpha value is -0.500. The lowest BCUT2D eigenvalue weighted by molar-refractivity contribution is 0.368. The Morgan fingerprint density at radius 1 is 1.47 bits per heavy atom. The minimum Gasteiger partial charge on any atom is -0.338 e. The van der Waals surface area contributed by atoms with Crippen LogP contribution in [-0.2, 0) is 13.5 Å². The second-order valence-corrected chi connectivity index (χ2v) is 5.71. The first-order valence-corrected chi connectivity index (χ1v) is 5.95. The van der Waals surface area contributed by atoms with Crippen LogP contribution in [0.3, 0.4) is 0 Å². The van der Waals surface area contributed by atoms with E-state index < -0.39 is 0 Å². The molecule has 1 aromatic heterocycles. The lowest BCUT2D eigenvalue weighted by atomic mass is 9.89. The number of rotatable bonds is 4. The molecule has 1 rings (SSSR count). The third-order valence-corrected chi connectivity index (χ3v) is 3.59. The van der Waals surface area contributed by atoms with Crippen LogP contribution in [0.4, 0.5) is 0 Å². The van der Waals surface area contributed by atoms with Gasteiger partial charge < -0.3 is 4.57 Å². The predicted octanol–water partition coefficient (Wildman–Crippen LogP) is 3.40. The highest BCUT2D eigenvalue weighted by Gasteiger charge is 2.21. The largest absolute Gasteiger partial charge is 0.338 e. The Morgan fingerprint density at radius 2 is 2.13 bits per heavy atom. The fourth-order valence-electron chi connectivity index (χ4n) is 1.51. The molecule has 1 atom stereocenters. The van der Waals surface area contributed by atoms with Crippen molar-refractivity contribution in [1.29, 1.82) is 0 Å². The minimum atomic E-state index is 0.198. The van der Waals surface area contributed by atoms with E-state index in [0.717, 1.165) is 25.1 Å². The number of aromatic nitrogens is 2. The van der Waals surface area contributed by atoms with Gasteiger partial charge >= 0.3 is 0 Å². The van der Waals surface area contributed by atoms with Crippen molar-refractivity contribution in [3.8, 4) is 0 Å². The van der Waals surface area contributed by atoms with Crippen molar-refractivity contribution < 1.29 is 0 Å². The van der Waals surface area contributed by atoms with Crippen LogP contribution in [0.2, 0.25) is 0 Å². The number of alkyl halides is 1. The van der Waals surface area contributed by atoms with Gasteiger partial charge in [-0.05, 0) is 18.3 Å². The van der Waals surface area contributed by atoms with Gasteiger partial charge in [0.25, 0.3) is 0 Å². The molecule has 1 heterocycles. The average Bonchev–Trinajstić information content (AvgIpc) is 2.50. The van der Waals surface area contributed by atoms with Crippen LogP contribution in [0.15, 0.2) is 12.4 Å². The smallest absolute Gasteiger partial charge is 0.108 e. The average molecular weight is 229 g/mol. The van der Waals surface area contributed by atoms with Crippen molar-refractivity contribution in [2.75, 3.05) is 0 Å². The molecule has 0 amide bonds. The van der Waals surface area contributed by atoms with E-state index in [0.29, 0.717) is 0 Å². The van der Waals surface area contributed by atoms with E-state index in [1.165, 1.54) is 0 Å². The first-order chi connectivity index (χ1) is 6.91. The summed E-state index contributed by atoms with van der Waals surface area (Å²) in [5, 5.41) is 0.248. The maximum atomic E-state index is 6.31. The zero-order valence-electron chi connectivity index (χ0n) is 10.1. The third-order valence-electron chi connectivity index (χ3n) is 2.72. The number of hydrogen-bond acceptors (Lipinski definition) is 1. The Kier molecular flexibility index (Phi) is 4.21. The minimum absolute atomic E-state index is 0.198. The summed E-state index contributed by atoms with van der Waals surface area (Å²) >= 11 is 6.31. The molecular formula is C12H21ClN2. The Balaban J connectivity index is 2.31. The quantitative estimate of drug-likeness (QED) is 0.723. The van der Waals surface area contributed by atoms with Crippen LogP contribution in [0.5, 0.6) is 0 Å². The Bertz CT molecular complexity index is 299. The highest BCUT2D eigenvalue weighted by atomic mass is 35.5. The van der Waals surface area contributed by atoms with Crippen LogP contribution in [0.25, 0.3) is 0 Å². The van der Waals surface area contributed by atoms with Gasteiger partial charge in [0.05, 0.1) is 0 Å². The van der Waals surface area contributed by atoms with Crippen LogP contribution >= 0.6 is 11.6 Å². The lowest BCUT2D eigenvalue weighted by Crippen LogP contribution is -2.20. The molecule has 0 bridgehead atoms. The van der Waals surface area contributed by atoms with Crippen molar-refractivity contribution >= 4 is 11.6 Å².